The van der Waals surface area contributed by atoms with Gasteiger partial charge in [-0.3, -0.25) is 4.79 Å². The van der Waals surface area contributed by atoms with E-state index in [1.807, 2.05) is 20.8 Å². The number of likely N-dealkylation sites (tertiary alicyclic amines) is 1. The molecule has 1 rings (SSSR count). The van der Waals surface area contributed by atoms with E-state index < -0.39 is 5.60 Å². The Morgan fingerprint density at radius 2 is 2.00 bits per heavy atom. The van der Waals surface area contributed by atoms with E-state index in [0.717, 1.165) is 12.8 Å². The molecule has 1 fully saturated rings. The zero-order valence-corrected chi connectivity index (χ0v) is 11.7. The van der Waals surface area contributed by atoms with Gasteiger partial charge in [0.15, 0.2) is 5.78 Å². The molecule has 1 aliphatic heterocycles. The maximum Gasteiger partial charge on any atom is 0.410 e. The molecule has 1 atom stereocenters. The standard InChI is InChI=1S/C13H23NO4/c1-13(2,3)18-12(16)14-7-5-6-10(8-14)11(15)9-17-4/h10H,5-9H2,1-4H3/t10-/m1/s1. The Hall–Kier alpha value is -1.10. The van der Waals surface area contributed by atoms with E-state index in [1.165, 1.54) is 7.11 Å². The van der Waals surface area contributed by atoms with Crippen molar-refractivity contribution in [2.75, 3.05) is 26.8 Å². The quantitative estimate of drug-likeness (QED) is 0.774. The average Bonchev–Trinajstić information content (AvgIpc) is 2.27. The lowest BCUT2D eigenvalue weighted by atomic mass is 9.94. The van der Waals surface area contributed by atoms with Crippen LogP contribution in [0.25, 0.3) is 0 Å². The summed E-state index contributed by atoms with van der Waals surface area (Å²) in [5, 5.41) is 0. The minimum Gasteiger partial charge on any atom is -0.444 e. The van der Waals surface area contributed by atoms with Gasteiger partial charge in [0, 0.05) is 26.1 Å². The number of carbonyl (C=O) groups is 2. The van der Waals surface area contributed by atoms with Gasteiger partial charge in [-0.25, -0.2) is 4.79 Å². The summed E-state index contributed by atoms with van der Waals surface area (Å²) in [7, 11) is 1.51. The van der Waals surface area contributed by atoms with E-state index in [2.05, 4.69) is 0 Å². The van der Waals surface area contributed by atoms with Crippen LogP contribution in [0.1, 0.15) is 33.6 Å². The molecule has 1 aliphatic rings. The molecule has 1 amide bonds. The molecule has 104 valence electrons. The number of rotatable bonds is 3. The van der Waals surface area contributed by atoms with Gasteiger partial charge in [-0.1, -0.05) is 0 Å². The first-order valence-electron chi connectivity index (χ1n) is 6.33. The number of Topliss-reactive ketones (excluding diaryl/α,β-unsaturated/α-hetero) is 1. The second-order valence-corrected chi connectivity index (χ2v) is 5.66. The lowest BCUT2D eigenvalue weighted by Crippen LogP contribution is -2.45. The molecule has 0 aliphatic carbocycles. The maximum absolute atomic E-state index is 11.9. The molecule has 0 unspecified atom stereocenters. The zero-order chi connectivity index (χ0) is 13.8. The zero-order valence-electron chi connectivity index (χ0n) is 11.7. The smallest absolute Gasteiger partial charge is 0.410 e. The minimum absolute atomic E-state index is 0.0609. The molecular formula is C13H23NO4. The average molecular weight is 257 g/mol. The number of hydrogen-bond donors (Lipinski definition) is 0. The van der Waals surface area contributed by atoms with Crippen molar-refractivity contribution in [3.63, 3.8) is 0 Å². The third-order valence-corrected chi connectivity index (χ3v) is 2.82. The Morgan fingerprint density at radius 1 is 1.33 bits per heavy atom. The van der Waals surface area contributed by atoms with Crippen LogP contribution in [0, 0.1) is 5.92 Å². The summed E-state index contributed by atoms with van der Waals surface area (Å²) in [5.41, 5.74) is -0.499. The summed E-state index contributed by atoms with van der Waals surface area (Å²) in [6.07, 6.45) is 1.32. The predicted octanol–water partition coefficient (Wildman–Crippen LogP) is 1.85. The molecule has 0 radical (unpaired) electrons. The van der Waals surface area contributed by atoms with Crippen molar-refractivity contribution >= 4 is 11.9 Å². The van der Waals surface area contributed by atoms with Crippen molar-refractivity contribution < 1.29 is 19.1 Å². The number of hydrogen-bond acceptors (Lipinski definition) is 4. The van der Waals surface area contributed by atoms with Crippen LogP contribution in [0.5, 0.6) is 0 Å². The lowest BCUT2D eigenvalue weighted by molar-refractivity contribution is -0.128. The fraction of sp³-hybridized carbons (Fsp3) is 0.846. The van der Waals surface area contributed by atoms with Gasteiger partial charge in [-0.05, 0) is 33.6 Å². The van der Waals surface area contributed by atoms with Crippen molar-refractivity contribution in [3.8, 4) is 0 Å². The maximum atomic E-state index is 11.9. The van der Waals surface area contributed by atoms with Crippen LogP contribution >= 0.6 is 0 Å². The van der Waals surface area contributed by atoms with E-state index >= 15 is 0 Å². The molecule has 0 aromatic rings. The minimum atomic E-state index is -0.499. The van der Waals surface area contributed by atoms with Gasteiger partial charge in [0.25, 0.3) is 0 Å². The van der Waals surface area contributed by atoms with Crippen LogP contribution in [0.3, 0.4) is 0 Å². The molecule has 5 heteroatoms. The first-order valence-corrected chi connectivity index (χ1v) is 6.33. The van der Waals surface area contributed by atoms with Gasteiger partial charge >= 0.3 is 6.09 Å². The van der Waals surface area contributed by atoms with Gasteiger partial charge in [-0.2, -0.15) is 0 Å². The number of carbonyl (C=O) groups excluding carboxylic acids is 2. The molecule has 5 nitrogen and oxygen atoms in total. The van der Waals surface area contributed by atoms with Crippen molar-refractivity contribution in [2.24, 2.45) is 5.92 Å². The van der Waals surface area contributed by atoms with Crippen LogP contribution in [0.4, 0.5) is 4.79 Å². The van der Waals surface area contributed by atoms with E-state index in [9.17, 15) is 9.59 Å². The molecule has 0 aromatic carbocycles. The SMILES string of the molecule is COCC(=O)[C@@H]1CCCN(C(=O)OC(C)(C)C)C1. The molecule has 0 aromatic heterocycles. The summed E-state index contributed by atoms with van der Waals surface area (Å²) in [5.74, 6) is -0.0584. The Morgan fingerprint density at radius 3 is 2.56 bits per heavy atom. The highest BCUT2D eigenvalue weighted by molar-refractivity contribution is 5.83. The van der Waals surface area contributed by atoms with Gasteiger partial charge in [0.05, 0.1) is 0 Å². The number of nitrogens with zero attached hydrogens (tertiary/aromatic N) is 1. The summed E-state index contributed by atoms with van der Waals surface area (Å²) in [6, 6.07) is 0. The van der Waals surface area contributed by atoms with Crippen molar-refractivity contribution in [3.05, 3.63) is 0 Å². The number of ketones is 1. The number of ether oxygens (including phenoxy) is 2. The monoisotopic (exact) mass is 257 g/mol. The molecule has 0 N–H and O–H groups in total. The third-order valence-electron chi connectivity index (χ3n) is 2.82. The number of piperidine rings is 1. The molecule has 0 saturated carbocycles. The van der Waals surface area contributed by atoms with Gasteiger partial charge in [-0.15, -0.1) is 0 Å². The van der Waals surface area contributed by atoms with Crippen LogP contribution in [0.15, 0.2) is 0 Å². The molecule has 1 saturated heterocycles. The Bertz CT molecular complexity index is 309. The molecule has 0 spiro atoms. The third kappa shape index (κ3) is 4.64. The fourth-order valence-corrected chi connectivity index (χ4v) is 1.99. The summed E-state index contributed by atoms with van der Waals surface area (Å²) in [6.45, 7) is 6.73. The lowest BCUT2D eigenvalue weighted by Gasteiger charge is -2.33. The Kier molecular flexibility index (Phi) is 5.14. The second kappa shape index (κ2) is 6.18. The normalized spacial score (nSPS) is 20.7. The molecule has 0 bridgehead atoms. The summed E-state index contributed by atoms with van der Waals surface area (Å²) >= 11 is 0. The van der Waals surface area contributed by atoms with Crippen molar-refractivity contribution in [1.29, 1.82) is 0 Å². The summed E-state index contributed by atoms with van der Waals surface area (Å²) < 4.78 is 10.2. The van der Waals surface area contributed by atoms with Crippen LogP contribution in [0.2, 0.25) is 0 Å². The largest absolute Gasteiger partial charge is 0.444 e. The van der Waals surface area contributed by atoms with E-state index in [1.54, 1.807) is 4.90 Å². The van der Waals surface area contributed by atoms with E-state index in [4.69, 9.17) is 9.47 Å². The van der Waals surface area contributed by atoms with Crippen LogP contribution in [-0.4, -0.2) is 49.2 Å². The Labute approximate surface area is 108 Å². The number of amides is 1. The molecular weight excluding hydrogens is 234 g/mol. The first-order chi connectivity index (χ1) is 8.33. The van der Waals surface area contributed by atoms with Crippen molar-refractivity contribution in [2.45, 2.75) is 39.2 Å². The van der Waals surface area contributed by atoms with Crippen LogP contribution < -0.4 is 0 Å². The highest BCUT2D eigenvalue weighted by Crippen LogP contribution is 2.20. The highest BCUT2D eigenvalue weighted by atomic mass is 16.6. The molecule has 1 heterocycles. The second-order valence-electron chi connectivity index (χ2n) is 5.66. The topological polar surface area (TPSA) is 55.8 Å². The molecule has 18 heavy (non-hydrogen) atoms. The van der Waals surface area contributed by atoms with Gasteiger partial charge in [0.1, 0.15) is 12.2 Å². The fourth-order valence-electron chi connectivity index (χ4n) is 1.99. The van der Waals surface area contributed by atoms with Gasteiger partial charge in [0.2, 0.25) is 0 Å². The summed E-state index contributed by atoms with van der Waals surface area (Å²) in [4.78, 5) is 25.3. The predicted molar refractivity (Wildman–Crippen MR) is 67.4 cm³/mol. The number of methoxy groups -OCH3 is 1. The highest BCUT2D eigenvalue weighted by Gasteiger charge is 2.30. The van der Waals surface area contributed by atoms with Crippen molar-refractivity contribution in [1.82, 2.24) is 4.90 Å². The Balaban J connectivity index is 2.53. The van der Waals surface area contributed by atoms with Crippen LogP contribution in [-0.2, 0) is 14.3 Å². The van der Waals surface area contributed by atoms with Gasteiger partial charge < -0.3 is 14.4 Å². The van der Waals surface area contributed by atoms with E-state index in [0.29, 0.717) is 13.1 Å². The van der Waals surface area contributed by atoms with E-state index in [-0.39, 0.29) is 24.4 Å². The first kappa shape index (κ1) is 15.0.